The molecule has 0 unspecified atom stereocenters. The van der Waals surface area contributed by atoms with Crippen LogP contribution < -0.4 is 10.6 Å². The third kappa shape index (κ3) is 2.70. The molecule has 2 N–H and O–H groups in total. The topological polar surface area (TPSA) is 55.0 Å². The van der Waals surface area contributed by atoms with Gasteiger partial charge in [0.2, 0.25) is 0 Å². The van der Waals surface area contributed by atoms with Gasteiger partial charge in [-0.15, -0.1) is 0 Å². The zero-order chi connectivity index (χ0) is 13.2. The number of hydrogen-bond donors (Lipinski definition) is 1. The highest BCUT2D eigenvalue weighted by Gasteiger charge is 2.22. The minimum absolute atomic E-state index is 0.269. The molecule has 2 heterocycles. The number of nitrogens with zero attached hydrogens (tertiary/aromatic N) is 3. The van der Waals surface area contributed by atoms with Crippen molar-refractivity contribution in [2.75, 3.05) is 18.0 Å². The number of rotatable bonds is 2. The Bertz CT molecular complexity index is 445. The van der Waals surface area contributed by atoms with Gasteiger partial charge >= 0.3 is 0 Å². The summed E-state index contributed by atoms with van der Waals surface area (Å²) in [6.07, 6.45) is 6.84. The summed E-state index contributed by atoms with van der Waals surface area (Å²) in [5.41, 5.74) is 8.38. The van der Waals surface area contributed by atoms with E-state index in [0.29, 0.717) is 6.54 Å². The van der Waals surface area contributed by atoms with Gasteiger partial charge in [0.05, 0.1) is 5.69 Å². The molecule has 18 heavy (non-hydrogen) atoms. The summed E-state index contributed by atoms with van der Waals surface area (Å²) in [6, 6.07) is 0. The molecular weight excluding hydrogens is 224 g/mol. The molecule has 0 bridgehead atoms. The number of nitrogens with two attached hydrogens (primary N) is 1. The normalized spacial score (nSPS) is 16.7. The van der Waals surface area contributed by atoms with Crippen molar-refractivity contribution in [1.29, 1.82) is 0 Å². The summed E-state index contributed by atoms with van der Waals surface area (Å²) in [5.74, 6) is 0.934. The van der Waals surface area contributed by atoms with Crippen LogP contribution in [-0.4, -0.2) is 23.1 Å². The van der Waals surface area contributed by atoms with Crippen LogP contribution in [0.5, 0.6) is 0 Å². The van der Waals surface area contributed by atoms with Gasteiger partial charge in [0.1, 0.15) is 0 Å². The molecule has 1 aromatic heterocycles. The van der Waals surface area contributed by atoms with Crippen LogP contribution >= 0.6 is 0 Å². The second-order valence-corrected chi connectivity index (χ2v) is 5.71. The maximum Gasteiger partial charge on any atom is 0.151 e. The Balaban J connectivity index is 2.17. The number of aromatic nitrogens is 2. The zero-order valence-corrected chi connectivity index (χ0v) is 11.5. The summed E-state index contributed by atoms with van der Waals surface area (Å²) in [6.45, 7) is 9.13. The van der Waals surface area contributed by atoms with Crippen LogP contribution in [0.1, 0.15) is 32.9 Å². The molecule has 0 fully saturated rings. The molecule has 4 nitrogen and oxygen atoms in total. The number of hydrogen-bond acceptors (Lipinski definition) is 4. The van der Waals surface area contributed by atoms with E-state index in [9.17, 15) is 0 Å². The molecular formula is C14H22N4. The predicted octanol–water partition coefficient (Wildman–Crippen LogP) is 2.12. The molecule has 0 radical (unpaired) electrons. The molecule has 0 aromatic carbocycles. The van der Waals surface area contributed by atoms with Gasteiger partial charge in [-0.1, -0.05) is 32.4 Å². The van der Waals surface area contributed by atoms with E-state index in [-0.39, 0.29) is 5.41 Å². The first-order valence-corrected chi connectivity index (χ1v) is 6.47. The predicted molar refractivity (Wildman–Crippen MR) is 74.3 cm³/mol. The summed E-state index contributed by atoms with van der Waals surface area (Å²) < 4.78 is 0. The highest BCUT2D eigenvalue weighted by molar-refractivity contribution is 5.45. The molecule has 1 aromatic rings. The van der Waals surface area contributed by atoms with Gasteiger partial charge in [-0.3, -0.25) is 4.98 Å². The summed E-state index contributed by atoms with van der Waals surface area (Å²) in [4.78, 5) is 11.0. The van der Waals surface area contributed by atoms with E-state index in [4.69, 9.17) is 5.73 Å². The lowest BCUT2D eigenvalue weighted by atomic mass is 9.83. The SMILES string of the molecule is CC(C)(C)C1=CCN(c2nccnc2CN)CC1. The first-order valence-electron chi connectivity index (χ1n) is 6.47. The average molecular weight is 246 g/mol. The Morgan fingerprint density at radius 2 is 2.00 bits per heavy atom. The van der Waals surface area contributed by atoms with Gasteiger partial charge in [-0.2, -0.15) is 0 Å². The molecule has 98 valence electrons. The standard InChI is InChI=1S/C14H22N4/c1-14(2,3)11-4-8-18(9-5-11)13-12(10-15)16-6-7-17-13/h4,6-7H,5,8-10,15H2,1-3H3. The summed E-state index contributed by atoms with van der Waals surface area (Å²) in [5, 5.41) is 0. The summed E-state index contributed by atoms with van der Waals surface area (Å²) >= 11 is 0. The van der Waals surface area contributed by atoms with Gasteiger partial charge in [0.25, 0.3) is 0 Å². The van der Waals surface area contributed by atoms with E-state index in [1.54, 1.807) is 12.4 Å². The fourth-order valence-corrected chi connectivity index (χ4v) is 2.31. The van der Waals surface area contributed by atoms with Crippen molar-refractivity contribution in [2.24, 2.45) is 11.1 Å². The van der Waals surface area contributed by atoms with Crippen molar-refractivity contribution in [3.8, 4) is 0 Å². The van der Waals surface area contributed by atoms with Gasteiger partial charge < -0.3 is 10.6 Å². The molecule has 0 amide bonds. The number of anilines is 1. The molecule has 1 aliphatic rings. The fourth-order valence-electron chi connectivity index (χ4n) is 2.31. The van der Waals surface area contributed by atoms with E-state index in [1.165, 1.54) is 5.57 Å². The molecule has 2 rings (SSSR count). The van der Waals surface area contributed by atoms with Crippen LogP contribution in [-0.2, 0) is 6.54 Å². The highest BCUT2D eigenvalue weighted by Crippen LogP contribution is 2.31. The first-order chi connectivity index (χ1) is 8.52. The zero-order valence-electron chi connectivity index (χ0n) is 11.5. The molecule has 0 aliphatic carbocycles. The van der Waals surface area contributed by atoms with Gasteiger partial charge in [-0.25, -0.2) is 4.98 Å². The van der Waals surface area contributed by atoms with Crippen LogP contribution in [0.3, 0.4) is 0 Å². The minimum Gasteiger partial charge on any atom is -0.351 e. The maximum absolute atomic E-state index is 5.71. The van der Waals surface area contributed by atoms with Gasteiger partial charge in [0.15, 0.2) is 5.82 Å². The van der Waals surface area contributed by atoms with Crippen LogP contribution in [0.15, 0.2) is 24.0 Å². The maximum atomic E-state index is 5.71. The lowest BCUT2D eigenvalue weighted by Gasteiger charge is -2.33. The monoisotopic (exact) mass is 246 g/mol. The van der Waals surface area contributed by atoms with Crippen molar-refractivity contribution in [3.05, 3.63) is 29.7 Å². The Hall–Kier alpha value is -1.42. The minimum atomic E-state index is 0.269. The Labute approximate surface area is 109 Å². The Kier molecular flexibility index (Phi) is 3.66. The van der Waals surface area contributed by atoms with E-state index in [1.807, 2.05) is 0 Å². The van der Waals surface area contributed by atoms with Crippen molar-refractivity contribution in [2.45, 2.75) is 33.7 Å². The molecule has 1 aliphatic heterocycles. The van der Waals surface area contributed by atoms with E-state index in [0.717, 1.165) is 31.0 Å². The van der Waals surface area contributed by atoms with Crippen molar-refractivity contribution in [3.63, 3.8) is 0 Å². The van der Waals surface area contributed by atoms with Crippen LogP contribution in [0, 0.1) is 5.41 Å². The first kappa shape index (κ1) is 13.0. The Morgan fingerprint density at radius 1 is 1.28 bits per heavy atom. The van der Waals surface area contributed by atoms with E-state index in [2.05, 4.69) is 41.7 Å². The van der Waals surface area contributed by atoms with Gasteiger partial charge in [-0.05, 0) is 11.8 Å². The lowest BCUT2D eigenvalue weighted by Crippen LogP contribution is -2.33. The molecule has 0 saturated heterocycles. The van der Waals surface area contributed by atoms with Crippen LogP contribution in [0.4, 0.5) is 5.82 Å². The smallest absolute Gasteiger partial charge is 0.151 e. The van der Waals surface area contributed by atoms with Crippen LogP contribution in [0.25, 0.3) is 0 Å². The molecule has 0 saturated carbocycles. The Morgan fingerprint density at radius 3 is 2.56 bits per heavy atom. The second kappa shape index (κ2) is 5.06. The average Bonchev–Trinajstić information content (AvgIpc) is 2.38. The fraction of sp³-hybridized carbons (Fsp3) is 0.571. The largest absolute Gasteiger partial charge is 0.351 e. The van der Waals surface area contributed by atoms with Gasteiger partial charge in [0, 0.05) is 32.0 Å². The molecule has 0 spiro atoms. The third-order valence-corrected chi connectivity index (χ3v) is 3.42. The quantitative estimate of drug-likeness (QED) is 0.812. The lowest BCUT2D eigenvalue weighted by molar-refractivity contribution is 0.472. The van der Waals surface area contributed by atoms with E-state index >= 15 is 0 Å². The third-order valence-electron chi connectivity index (χ3n) is 3.42. The molecule has 0 atom stereocenters. The molecule has 4 heteroatoms. The van der Waals surface area contributed by atoms with Crippen molar-refractivity contribution < 1.29 is 0 Å². The van der Waals surface area contributed by atoms with Crippen LogP contribution in [0.2, 0.25) is 0 Å². The van der Waals surface area contributed by atoms with Crippen molar-refractivity contribution >= 4 is 5.82 Å². The summed E-state index contributed by atoms with van der Waals surface area (Å²) in [7, 11) is 0. The highest BCUT2D eigenvalue weighted by atomic mass is 15.2. The van der Waals surface area contributed by atoms with Crippen molar-refractivity contribution in [1.82, 2.24) is 9.97 Å². The second-order valence-electron chi connectivity index (χ2n) is 5.71. The van der Waals surface area contributed by atoms with E-state index < -0.39 is 0 Å².